The van der Waals surface area contributed by atoms with Crippen molar-refractivity contribution < 1.29 is 19.0 Å². The summed E-state index contributed by atoms with van der Waals surface area (Å²) in [5.74, 6) is 0.625. The van der Waals surface area contributed by atoms with Gasteiger partial charge in [0.2, 0.25) is 5.91 Å². The van der Waals surface area contributed by atoms with E-state index in [0.717, 1.165) is 23.1 Å². The molecule has 1 amide bonds. The van der Waals surface area contributed by atoms with Crippen molar-refractivity contribution in [3.8, 4) is 5.75 Å². The summed E-state index contributed by atoms with van der Waals surface area (Å²) < 4.78 is 17.5. The lowest BCUT2D eigenvalue weighted by molar-refractivity contribution is -0.135. The van der Waals surface area contributed by atoms with E-state index in [4.69, 9.17) is 14.2 Å². The SMILES string of the molecule is COc1ccc(CN2C[C@]3(/C=C/CCBr)O[C@H]4C=CCO[C@H]4[C@@H]3C2=O)cc1. The maximum Gasteiger partial charge on any atom is 0.232 e. The minimum atomic E-state index is -0.615. The minimum absolute atomic E-state index is 0.108. The predicted octanol–water partition coefficient (Wildman–Crippen LogP) is 3.09. The molecule has 1 aromatic carbocycles. The molecule has 0 radical (unpaired) electrons. The highest BCUT2D eigenvalue weighted by Gasteiger charge is 2.63. The molecule has 0 saturated carbocycles. The number of rotatable bonds is 6. The summed E-state index contributed by atoms with van der Waals surface area (Å²) in [4.78, 5) is 15.2. The molecule has 0 N–H and O–H groups in total. The van der Waals surface area contributed by atoms with Crippen molar-refractivity contribution >= 4 is 21.8 Å². The Kier molecular flexibility index (Phi) is 5.39. The van der Waals surface area contributed by atoms with Crippen molar-refractivity contribution in [1.29, 1.82) is 0 Å². The van der Waals surface area contributed by atoms with Crippen molar-refractivity contribution in [2.45, 2.75) is 30.8 Å². The lowest BCUT2D eigenvalue weighted by Crippen LogP contribution is -2.39. The highest BCUT2D eigenvalue weighted by molar-refractivity contribution is 9.09. The summed E-state index contributed by atoms with van der Waals surface area (Å²) in [5, 5.41) is 0.886. The highest BCUT2D eigenvalue weighted by atomic mass is 79.9. The molecule has 6 heteroatoms. The molecule has 2 saturated heterocycles. The number of nitrogens with zero attached hydrogens (tertiary/aromatic N) is 1. The van der Waals surface area contributed by atoms with Gasteiger partial charge in [0, 0.05) is 11.9 Å². The van der Waals surface area contributed by atoms with Crippen LogP contribution >= 0.6 is 15.9 Å². The van der Waals surface area contributed by atoms with Gasteiger partial charge in [-0.3, -0.25) is 4.79 Å². The molecule has 3 aliphatic heterocycles. The molecule has 0 aromatic heterocycles. The van der Waals surface area contributed by atoms with Gasteiger partial charge in [0.1, 0.15) is 29.5 Å². The van der Waals surface area contributed by atoms with Crippen LogP contribution in [0, 0.1) is 5.92 Å². The first-order valence-electron chi connectivity index (χ1n) is 9.28. The molecule has 0 unspecified atom stereocenters. The van der Waals surface area contributed by atoms with Crippen molar-refractivity contribution in [1.82, 2.24) is 4.90 Å². The van der Waals surface area contributed by atoms with Crippen LogP contribution in [0.5, 0.6) is 5.75 Å². The van der Waals surface area contributed by atoms with Gasteiger partial charge >= 0.3 is 0 Å². The molecule has 0 spiro atoms. The van der Waals surface area contributed by atoms with E-state index in [1.807, 2.05) is 41.3 Å². The Morgan fingerprint density at radius 3 is 2.93 bits per heavy atom. The van der Waals surface area contributed by atoms with Crippen LogP contribution < -0.4 is 4.74 Å². The van der Waals surface area contributed by atoms with Crippen LogP contribution in [0.3, 0.4) is 0 Å². The van der Waals surface area contributed by atoms with E-state index < -0.39 is 5.60 Å². The maximum atomic E-state index is 13.3. The molecule has 27 heavy (non-hydrogen) atoms. The molecule has 3 aliphatic rings. The number of methoxy groups -OCH3 is 1. The molecular formula is C21H24BrNO4. The number of amides is 1. The second kappa shape index (κ2) is 7.78. The highest BCUT2D eigenvalue weighted by Crippen LogP contribution is 2.47. The minimum Gasteiger partial charge on any atom is -0.497 e. The molecule has 4 atom stereocenters. The van der Waals surface area contributed by atoms with Gasteiger partial charge in [0.25, 0.3) is 0 Å². The Morgan fingerprint density at radius 1 is 1.37 bits per heavy atom. The van der Waals surface area contributed by atoms with E-state index in [9.17, 15) is 4.79 Å². The second-order valence-electron chi connectivity index (χ2n) is 7.16. The fourth-order valence-electron chi connectivity index (χ4n) is 4.24. The summed E-state index contributed by atoms with van der Waals surface area (Å²) in [7, 11) is 1.65. The van der Waals surface area contributed by atoms with Gasteiger partial charge in [-0.15, -0.1) is 0 Å². The number of ether oxygens (including phenoxy) is 3. The van der Waals surface area contributed by atoms with E-state index in [1.54, 1.807) is 7.11 Å². The van der Waals surface area contributed by atoms with Crippen LogP contribution in [0.1, 0.15) is 12.0 Å². The zero-order valence-electron chi connectivity index (χ0n) is 15.3. The van der Waals surface area contributed by atoms with Gasteiger partial charge in [-0.25, -0.2) is 0 Å². The lowest BCUT2D eigenvalue weighted by atomic mass is 9.86. The first-order chi connectivity index (χ1) is 13.2. The number of benzene rings is 1. The summed E-state index contributed by atoms with van der Waals surface area (Å²) in [6.07, 6.45) is 8.73. The molecule has 2 fully saturated rings. The number of halogens is 1. The van der Waals surface area contributed by atoms with Gasteiger partial charge in [-0.05, 0) is 24.1 Å². The Bertz CT molecular complexity index is 747. The van der Waals surface area contributed by atoms with Gasteiger partial charge in [-0.1, -0.05) is 52.4 Å². The first-order valence-corrected chi connectivity index (χ1v) is 10.4. The number of fused-ring (bicyclic) bond motifs is 3. The molecule has 5 nitrogen and oxygen atoms in total. The Hall–Kier alpha value is -1.63. The number of alkyl halides is 1. The van der Waals surface area contributed by atoms with Crippen LogP contribution in [0.4, 0.5) is 0 Å². The van der Waals surface area contributed by atoms with Crippen LogP contribution in [0.15, 0.2) is 48.6 Å². The van der Waals surface area contributed by atoms with Crippen LogP contribution in [0.25, 0.3) is 0 Å². The zero-order valence-corrected chi connectivity index (χ0v) is 16.9. The summed E-state index contributed by atoms with van der Waals surface area (Å²) in [6.45, 7) is 1.64. The van der Waals surface area contributed by atoms with E-state index in [2.05, 4.69) is 28.1 Å². The molecule has 1 aromatic rings. The zero-order chi connectivity index (χ0) is 18.9. The largest absolute Gasteiger partial charge is 0.497 e. The van der Waals surface area contributed by atoms with Crippen molar-refractivity contribution in [3.63, 3.8) is 0 Å². The molecule has 3 heterocycles. The Balaban J connectivity index is 1.58. The van der Waals surface area contributed by atoms with Crippen LogP contribution in [0.2, 0.25) is 0 Å². The monoisotopic (exact) mass is 433 g/mol. The van der Waals surface area contributed by atoms with Gasteiger partial charge in [0.15, 0.2) is 0 Å². The second-order valence-corrected chi connectivity index (χ2v) is 7.96. The van der Waals surface area contributed by atoms with E-state index >= 15 is 0 Å². The summed E-state index contributed by atoms with van der Waals surface area (Å²) in [5.41, 5.74) is 0.458. The van der Waals surface area contributed by atoms with Gasteiger partial charge in [0.05, 0.1) is 20.3 Å². The van der Waals surface area contributed by atoms with Crippen LogP contribution in [-0.2, 0) is 20.8 Å². The summed E-state index contributed by atoms with van der Waals surface area (Å²) in [6, 6.07) is 7.84. The van der Waals surface area contributed by atoms with E-state index in [1.165, 1.54) is 0 Å². The van der Waals surface area contributed by atoms with Crippen LogP contribution in [-0.4, -0.2) is 54.2 Å². The lowest BCUT2D eigenvalue weighted by Gasteiger charge is -2.26. The van der Waals surface area contributed by atoms with Crippen molar-refractivity contribution in [2.24, 2.45) is 5.92 Å². The molecule has 0 aliphatic carbocycles. The molecule has 144 valence electrons. The number of allylic oxidation sites excluding steroid dienone is 1. The number of carbonyl (C=O) groups excluding carboxylic acids is 1. The molecule has 0 bridgehead atoms. The van der Waals surface area contributed by atoms with Crippen molar-refractivity contribution in [2.75, 3.05) is 25.6 Å². The van der Waals surface area contributed by atoms with Gasteiger partial charge < -0.3 is 19.1 Å². The smallest absolute Gasteiger partial charge is 0.232 e. The average Bonchev–Trinajstić information content (AvgIpc) is 3.14. The van der Waals surface area contributed by atoms with E-state index in [-0.39, 0.29) is 24.0 Å². The van der Waals surface area contributed by atoms with Gasteiger partial charge in [-0.2, -0.15) is 0 Å². The first kappa shape index (κ1) is 18.7. The van der Waals surface area contributed by atoms with Crippen molar-refractivity contribution in [3.05, 3.63) is 54.1 Å². The topological polar surface area (TPSA) is 48.0 Å². The molecule has 4 rings (SSSR count). The Labute approximate surface area is 168 Å². The number of carbonyl (C=O) groups is 1. The third-order valence-corrected chi connectivity index (χ3v) is 5.93. The maximum absolute atomic E-state index is 13.3. The summed E-state index contributed by atoms with van der Waals surface area (Å²) >= 11 is 3.45. The number of hydrogen-bond acceptors (Lipinski definition) is 4. The molecular weight excluding hydrogens is 410 g/mol. The quantitative estimate of drug-likeness (QED) is 0.510. The number of likely N-dealkylation sites (tertiary alicyclic amines) is 1. The normalized spacial score (nSPS) is 32.1. The average molecular weight is 434 g/mol. The fourth-order valence-corrected chi connectivity index (χ4v) is 4.51. The predicted molar refractivity (Wildman–Crippen MR) is 106 cm³/mol. The van der Waals surface area contributed by atoms with E-state index in [0.29, 0.717) is 19.7 Å². The standard InChI is InChI=1S/C21H24BrNO4/c1-25-16-8-6-15(7-9-16)13-23-14-21(10-2-3-11-22)18(20(23)24)19-17(27-21)5-4-12-26-19/h2,4-10,17-19H,3,11-14H2,1H3/b10-2+/t17-,18+,19+,21-/m0/s1. The third kappa shape index (κ3) is 3.46. The number of hydrogen-bond donors (Lipinski definition) is 0. The third-order valence-electron chi connectivity index (χ3n) is 5.47. The fraction of sp³-hybridized carbons (Fsp3) is 0.476. The Morgan fingerprint density at radius 2 is 2.19 bits per heavy atom.